The molecule has 0 aliphatic carbocycles. The molecule has 0 fully saturated rings. The van der Waals surface area contributed by atoms with Crippen molar-refractivity contribution in [2.45, 2.75) is 19.5 Å². The van der Waals surface area contributed by atoms with Crippen LogP contribution in [0.4, 0.5) is 0 Å². The zero-order chi connectivity index (χ0) is 10.8. The molecular formula is C9H14N6. The van der Waals surface area contributed by atoms with Gasteiger partial charge in [-0.2, -0.15) is 5.10 Å². The molecule has 15 heavy (non-hydrogen) atoms. The van der Waals surface area contributed by atoms with Crippen LogP contribution in [-0.2, 0) is 13.6 Å². The van der Waals surface area contributed by atoms with Crippen LogP contribution in [0, 0.1) is 0 Å². The average molecular weight is 206 g/mol. The van der Waals surface area contributed by atoms with Crippen LogP contribution in [0.1, 0.15) is 24.4 Å². The molecule has 0 aliphatic heterocycles. The van der Waals surface area contributed by atoms with Crippen molar-refractivity contribution < 1.29 is 0 Å². The summed E-state index contributed by atoms with van der Waals surface area (Å²) in [6, 6.07) is 1.87. The van der Waals surface area contributed by atoms with Crippen molar-refractivity contribution in [1.82, 2.24) is 24.8 Å². The summed E-state index contributed by atoms with van der Waals surface area (Å²) < 4.78 is 3.50. The number of aromatic nitrogens is 5. The van der Waals surface area contributed by atoms with E-state index >= 15 is 0 Å². The van der Waals surface area contributed by atoms with Crippen LogP contribution in [-0.4, -0.2) is 24.8 Å². The molecule has 80 valence electrons. The summed E-state index contributed by atoms with van der Waals surface area (Å²) in [4.78, 5) is 0. The van der Waals surface area contributed by atoms with E-state index in [2.05, 4.69) is 15.4 Å². The van der Waals surface area contributed by atoms with Crippen LogP contribution < -0.4 is 5.73 Å². The first-order chi connectivity index (χ1) is 7.15. The molecule has 0 amide bonds. The van der Waals surface area contributed by atoms with Crippen LogP contribution >= 0.6 is 0 Å². The van der Waals surface area contributed by atoms with Gasteiger partial charge in [0.05, 0.1) is 24.1 Å². The fourth-order valence-electron chi connectivity index (χ4n) is 1.31. The predicted molar refractivity (Wildman–Crippen MR) is 54.9 cm³/mol. The van der Waals surface area contributed by atoms with E-state index in [1.807, 2.05) is 32.4 Å². The maximum Gasteiger partial charge on any atom is 0.0991 e. The molecule has 0 saturated heterocycles. The number of aryl methyl sites for hydroxylation is 1. The minimum atomic E-state index is -0.0810. The Morgan fingerprint density at radius 3 is 2.87 bits per heavy atom. The maximum atomic E-state index is 5.69. The van der Waals surface area contributed by atoms with Crippen LogP contribution in [0.2, 0.25) is 0 Å². The van der Waals surface area contributed by atoms with Gasteiger partial charge in [-0.05, 0) is 13.0 Å². The van der Waals surface area contributed by atoms with Crippen molar-refractivity contribution in [2.75, 3.05) is 0 Å². The second-order valence-electron chi connectivity index (χ2n) is 3.61. The number of rotatable bonds is 3. The maximum absolute atomic E-state index is 5.69. The fourth-order valence-corrected chi connectivity index (χ4v) is 1.31. The van der Waals surface area contributed by atoms with Gasteiger partial charge in [0.25, 0.3) is 0 Å². The third-order valence-electron chi connectivity index (χ3n) is 2.12. The monoisotopic (exact) mass is 206 g/mol. The minimum Gasteiger partial charge on any atom is -0.323 e. The van der Waals surface area contributed by atoms with Crippen molar-refractivity contribution in [2.24, 2.45) is 12.8 Å². The van der Waals surface area contributed by atoms with Crippen molar-refractivity contribution in [3.63, 3.8) is 0 Å². The number of hydrogen-bond donors (Lipinski definition) is 1. The second-order valence-corrected chi connectivity index (χ2v) is 3.61. The average Bonchev–Trinajstić information content (AvgIpc) is 2.76. The molecule has 1 unspecified atom stereocenters. The highest BCUT2D eigenvalue weighted by Gasteiger charge is 2.06. The van der Waals surface area contributed by atoms with Gasteiger partial charge in [-0.25, -0.2) is 4.68 Å². The standard InChI is InChI=1S/C9H14N6/c1-7(10)9-6-15(13-11-9)5-8-3-4-14(2)12-8/h3-4,6-7H,5,10H2,1-2H3. The molecule has 2 rings (SSSR count). The van der Waals surface area contributed by atoms with Crippen molar-refractivity contribution in [3.05, 3.63) is 29.8 Å². The lowest BCUT2D eigenvalue weighted by molar-refractivity contribution is 0.623. The lowest BCUT2D eigenvalue weighted by Gasteiger charge is -1.97. The van der Waals surface area contributed by atoms with Crippen LogP contribution in [0.3, 0.4) is 0 Å². The Balaban J connectivity index is 2.11. The molecule has 6 nitrogen and oxygen atoms in total. The first-order valence-corrected chi connectivity index (χ1v) is 4.79. The Hall–Kier alpha value is -1.69. The summed E-state index contributed by atoms with van der Waals surface area (Å²) in [5.74, 6) is 0. The van der Waals surface area contributed by atoms with E-state index in [4.69, 9.17) is 5.73 Å². The molecule has 0 bridgehead atoms. The fraction of sp³-hybridized carbons (Fsp3) is 0.444. The highest BCUT2D eigenvalue weighted by molar-refractivity contribution is 5.02. The first kappa shape index (κ1) is 9.85. The van der Waals surface area contributed by atoms with E-state index < -0.39 is 0 Å². The van der Waals surface area contributed by atoms with Crippen LogP contribution in [0.25, 0.3) is 0 Å². The summed E-state index contributed by atoms with van der Waals surface area (Å²) in [6.45, 7) is 2.51. The molecule has 2 aromatic rings. The van der Waals surface area contributed by atoms with Gasteiger partial charge in [-0.15, -0.1) is 5.10 Å². The molecular weight excluding hydrogens is 192 g/mol. The molecule has 2 heterocycles. The molecule has 6 heteroatoms. The molecule has 0 aliphatic rings. The molecule has 0 aromatic carbocycles. The van der Waals surface area contributed by atoms with Gasteiger partial charge >= 0.3 is 0 Å². The summed E-state index contributed by atoms with van der Waals surface area (Å²) in [5.41, 5.74) is 7.44. The molecule has 0 radical (unpaired) electrons. The second kappa shape index (κ2) is 3.82. The number of hydrogen-bond acceptors (Lipinski definition) is 4. The van der Waals surface area contributed by atoms with E-state index in [0.29, 0.717) is 6.54 Å². The number of nitrogens with two attached hydrogens (primary N) is 1. The van der Waals surface area contributed by atoms with E-state index in [-0.39, 0.29) is 6.04 Å². The van der Waals surface area contributed by atoms with Gasteiger partial charge in [-0.3, -0.25) is 4.68 Å². The van der Waals surface area contributed by atoms with E-state index in [1.165, 1.54) is 0 Å². The summed E-state index contributed by atoms with van der Waals surface area (Å²) in [6.07, 6.45) is 3.75. The van der Waals surface area contributed by atoms with Gasteiger partial charge in [-0.1, -0.05) is 5.21 Å². The van der Waals surface area contributed by atoms with Gasteiger partial charge in [0.1, 0.15) is 0 Å². The Kier molecular flexibility index (Phi) is 2.51. The highest BCUT2D eigenvalue weighted by atomic mass is 15.4. The predicted octanol–water partition coefficient (Wildman–Crippen LogP) is 0.0796. The Bertz CT molecular complexity index is 441. The SMILES string of the molecule is CC(N)c1cn(Cc2ccn(C)n2)nn1. The Labute approximate surface area is 87.7 Å². The lowest BCUT2D eigenvalue weighted by atomic mass is 10.3. The molecule has 0 spiro atoms. The van der Waals surface area contributed by atoms with Gasteiger partial charge < -0.3 is 5.73 Å². The smallest absolute Gasteiger partial charge is 0.0991 e. The van der Waals surface area contributed by atoms with Crippen molar-refractivity contribution in [1.29, 1.82) is 0 Å². The third-order valence-corrected chi connectivity index (χ3v) is 2.12. The van der Waals surface area contributed by atoms with Gasteiger partial charge in [0.2, 0.25) is 0 Å². The van der Waals surface area contributed by atoms with E-state index in [1.54, 1.807) is 9.36 Å². The summed E-state index contributed by atoms with van der Waals surface area (Å²) >= 11 is 0. The molecule has 1 atom stereocenters. The molecule has 2 N–H and O–H groups in total. The quantitative estimate of drug-likeness (QED) is 0.771. The normalized spacial score (nSPS) is 13.0. The number of nitrogens with zero attached hydrogens (tertiary/aromatic N) is 5. The third kappa shape index (κ3) is 2.21. The topological polar surface area (TPSA) is 74.5 Å². The molecule has 2 aromatic heterocycles. The first-order valence-electron chi connectivity index (χ1n) is 4.79. The van der Waals surface area contributed by atoms with Crippen molar-refractivity contribution >= 4 is 0 Å². The minimum absolute atomic E-state index is 0.0810. The Morgan fingerprint density at radius 2 is 2.33 bits per heavy atom. The van der Waals surface area contributed by atoms with Gasteiger partial charge in [0.15, 0.2) is 0 Å². The van der Waals surface area contributed by atoms with Crippen molar-refractivity contribution in [3.8, 4) is 0 Å². The zero-order valence-corrected chi connectivity index (χ0v) is 8.83. The van der Waals surface area contributed by atoms with E-state index in [0.717, 1.165) is 11.4 Å². The summed E-state index contributed by atoms with van der Waals surface area (Å²) in [7, 11) is 1.89. The van der Waals surface area contributed by atoms with Crippen LogP contribution in [0.5, 0.6) is 0 Å². The Morgan fingerprint density at radius 1 is 1.53 bits per heavy atom. The zero-order valence-electron chi connectivity index (χ0n) is 8.83. The largest absolute Gasteiger partial charge is 0.323 e. The van der Waals surface area contributed by atoms with Crippen LogP contribution in [0.15, 0.2) is 18.5 Å². The van der Waals surface area contributed by atoms with E-state index in [9.17, 15) is 0 Å². The summed E-state index contributed by atoms with van der Waals surface area (Å²) in [5, 5.41) is 12.2. The van der Waals surface area contributed by atoms with Gasteiger partial charge in [0, 0.05) is 19.3 Å². The molecule has 0 saturated carbocycles. The lowest BCUT2D eigenvalue weighted by Crippen LogP contribution is -2.05. The highest BCUT2D eigenvalue weighted by Crippen LogP contribution is 2.05.